The van der Waals surface area contributed by atoms with Crippen LogP contribution in [0.4, 0.5) is 34.1 Å². The van der Waals surface area contributed by atoms with Gasteiger partial charge in [0.15, 0.2) is 0 Å². The van der Waals surface area contributed by atoms with E-state index >= 15 is 0 Å². The molecule has 0 amide bonds. The second-order valence-corrected chi connectivity index (χ2v) is 11.8. The summed E-state index contributed by atoms with van der Waals surface area (Å²) in [5.74, 6) is 0. The van der Waals surface area contributed by atoms with Crippen LogP contribution in [0.2, 0.25) is 0 Å². The van der Waals surface area contributed by atoms with Crippen LogP contribution < -0.4 is 9.80 Å². The number of hydrogen-bond donors (Lipinski definition) is 0. The second-order valence-electron chi connectivity index (χ2n) is 8.09. The van der Waals surface area contributed by atoms with Gasteiger partial charge in [-0.3, -0.25) is 0 Å². The van der Waals surface area contributed by atoms with Crippen LogP contribution in [0.25, 0.3) is 0 Å². The van der Waals surface area contributed by atoms with Crippen molar-refractivity contribution in [3.8, 4) is 0 Å². The Morgan fingerprint density at radius 2 is 0.389 bits per heavy atom. The molecule has 6 heteroatoms. The normalized spacial score (nSPS) is 10.8. The van der Waals surface area contributed by atoms with Gasteiger partial charge in [0.2, 0.25) is 0 Å². The molecule has 0 heterocycles. The smallest absolute Gasteiger partial charge is 0.0463 e. The summed E-state index contributed by atoms with van der Waals surface area (Å²) in [6.07, 6.45) is 0. The van der Waals surface area contributed by atoms with Crippen LogP contribution >= 0.6 is 63.7 Å². The lowest BCUT2D eigenvalue weighted by atomic mass is 10.1. The Balaban J connectivity index is 1.57. The summed E-state index contributed by atoms with van der Waals surface area (Å²) in [6, 6.07) is 42.2. The van der Waals surface area contributed by atoms with Crippen molar-refractivity contribution >= 4 is 97.8 Å². The van der Waals surface area contributed by atoms with Crippen molar-refractivity contribution < 1.29 is 0 Å². The van der Waals surface area contributed by atoms with Gasteiger partial charge < -0.3 is 9.80 Å². The van der Waals surface area contributed by atoms with Crippen molar-refractivity contribution in [2.24, 2.45) is 0 Å². The third kappa shape index (κ3) is 5.78. The van der Waals surface area contributed by atoms with E-state index in [0.717, 1.165) is 52.0 Å². The summed E-state index contributed by atoms with van der Waals surface area (Å²) in [7, 11) is 0. The Bertz CT molecular complexity index is 1230. The standard InChI is InChI=1S/C30H20Br4N2/c31-21-1-9-25(10-2-21)35(26-11-3-22(32)4-12-26)29-17-19-30(20-18-29)36(27-13-5-23(33)6-14-27)28-15-7-24(34)8-16-28/h1-20H. The van der Waals surface area contributed by atoms with Crippen LogP contribution in [-0.2, 0) is 0 Å². The summed E-state index contributed by atoms with van der Waals surface area (Å²) in [4.78, 5) is 4.51. The minimum absolute atomic E-state index is 1.05. The van der Waals surface area contributed by atoms with Crippen LogP contribution in [0.15, 0.2) is 139 Å². The lowest BCUT2D eigenvalue weighted by Gasteiger charge is -2.28. The largest absolute Gasteiger partial charge is 0.311 e. The summed E-state index contributed by atoms with van der Waals surface area (Å²) >= 11 is 14.2. The molecule has 178 valence electrons. The van der Waals surface area contributed by atoms with E-state index in [1.807, 2.05) is 0 Å². The van der Waals surface area contributed by atoms with E-state index in [0.29, 0.717) is 0 Å². The molecule has 0 unspecified atom stereocenters. The van der Waals surface area contributed by atoms with E-state index in [2.05, 4.69) is 195 Å². The van der Waals surface area contributed by atoms with Crippen molar-refractivity contribution in [1.29, 1.82) is 0 Å². The molecule has 36 heavy (non-hydrogen) atoms. The number of anilines is 6. The summed E-state index contributed by atoms with van der Waals surface area (Å²) in [5, 5.41) is 0. The monoisotopic (exact) mass is 724 g/mol. The molecule has 5 aromatic carbocycles. The fraction of sp³-hybridized carbons (Fsp3) is 0. The zero-order valence-corrected chi connectivity index (χ0v) is 25.3. The fourth-order valence-corrected chi connectivity index (χ4v) is 5.06. The van der Waals surface area contributed by atoms with Gasteiger partial charge in [-0.05, 0) is 121 Å². The average molecular weight is 728 g/mol. The van der Waals surface area contributed by atoms with E-state index in [9.17, 15) is 0 Å². The van der Waals surface area contributed by atoms with Crippen molar-refractivity contribution in [3.63, 3.8) is 0 Å². The maximum atomic E-state index is 3.56. The Morgan fingerprint density at radius 1 is 0.250 bits per heavy atom. The van der Waals surface area contributed by atoms with Gasteiger partial charge in [0, 0.05) is 52.0 Å². The average Bonchev–Trinajstić information content (AvgIpc) is 2.90. The van der Waals surface area contributed by atoms with E-state index in [1.54, 1.807) is 0 Å². The summed E-state index contributed by atoms with van der Waals surface area (Å²) in [5.41, 5.74) is 6.51. The number of rotatable bonds is 6. The molecule has 0 spiro atoms. The Labute approximate surface area is 245 Å². The first-order valence-electron chi connectivity index (χ1n) is 11.2. The number of benzene rings is 5. The molecule has 5 rings (SSSR count). The first kappa shape index (κ1) is 25.3. The summed E-state index contributed by atoms with van der Waals surface area (Å²) in [6.45, 7) is 0. The minimum atomic E-state index is 1.05. The molecule has 0 N–H and O–H groups in total. The van der Waals surface area contributed by atoms with Gasteiger partial charge in [0.05, 0.1) is 0 Å². The number of hydrogen-bond acceptors (Lipinski definition) is 2. The fourth-order valence-electron chi connectivity index (χ4n) is 4.01. The first-order chi connectivity index (χ1) is 17.5. The lowest BCUT2D eigenvalue weighted by molar-refractivity contribution is 1.25. The molecule has 0 radical (unpaired) electrons. The highest BCUT2D eigenvalue weighted by Crippen LogP contribution is 2.39. The van der Waals surface area contributed by atoms with Crippen molar-refractivity contribution in [3.05, 3.63) is 139 Å². The molecule has 0 fully saturated rings. The quantitative estimate of drug-likeness (QED) is 0.172. The van der Waals surface area contributed by atoms with Gasteiger partial charge in [-0.2, -0.15) is 0 Å². The van der Waals surface area contributed by atoms with Crippen LogP contribution in [0.3, 0.4) is 0 Å². The molecule has 0 bridgehead atoms. The molecular formula is C30H20Br4N2. The van der Waals surface area contributed by atoms with Gasteiger partial charge in [0.25, 0.3) is 0 Å². The molecule has 0 aromatic heterocycles. The Hall–Kier alpha value is -2.38. The Morgan fingerprint density at radius 3 is 0.556 bits per heavy atom. The molecule has 0 aliphatic rings. The molecule has 0 atom stereocenters. The maximum absolute atomic E-state index is 3.56. The SMILES string of the molecule is Brc1ccc(N(c2ccc(Br)cc2)c2ccc(N(c3ccc(Br)cc3)c3ccc(Br)cc3)cc2)cc1. The van der Waals surface area contributed by atoms with E-state index in [-0.39, 0.29) is 0 Å². The number of nitrogens with zero attached hydrogens (tertiary/aromatic N) is 2. The lowest BCUT2D eigenvalue weighted by Crippen LogP contribution is -2.12. The highest BCUT2D eigenvalue weighted by molar-refractivity contribution is 9.11. The highest BCUT2D eigenvalue weighted by Gasteiger charge is 2.16. The predicted octanol–water partition coefficient (Wildman–Crippen LogP) is 11.7. The van der Waals surface area contributed by atoms with Gasteiger partial charge in [-0.15, -0.1) is 0 Å². The molecule has 0 saturated heterocycles. The maximum Gasteiger partial charge on any atom is 0.0463 e. The van der Waals surface area contributed by atoms with E-state index in [1.165, 1.54) is 0 Å². The molecule has 0 aliphatic heterocycles. The molecular weight excluding hydrogens is 708 g/mol. The molecule has 0 aliphatic carbocycles. The van der Waals surface area contributed by atoms with Gasteiger partial charge in [-0.1, -0.05) is 63.7 Å². The van der Waals surface area contributed by atoms with Gasteiger partial charge >= 0.3 is 0 Å². The van der Waals surface area contributed by atoms with E-state index < -0.39 is 0 Å². The van der Waals surface area contributed by atoms with Gasteiger partial charge in [0.1, 0.15) is 0 Å². The zero-order chi connectivity index (χ0) is 25.1. The molecule has 2 nitrogen and oxygen atoms in total. The van der Waals surface area contributed by atoms with E-state index in [4.69, 9.17) is 0 Å². The van der Waals surface area contributed by atoms with Crippen molar-refractivity contribution in [1.82, 2.24) is 0 Å². The van der Waals surface area contributed by atoms with Crippen molar-refractivity contribution in [2.75, 3.05) is 9.80 Å². The van der Waals surface area contributed by atoms with Gasteiger partial charge in [-0.25, -0.2) is 0 Å². The molecule has 5 aromatic rings. The topological polar surface area (TPSA) is 6.48 Å². The third-order valence-corrected chi connectivity index (χ3v) is 7.82. The molecule has 0 saturated carbocycles. The highest BCUT2D eigenvalue weighted by atomic mass is 79.9. The predicted molar refractivity (Wildman–Crippen MR) is 167 cm³/mol. The van der Waals surface area contributed by atoms with Crippen LogP contribution in [0.1, 0.15) is 0 Å². The van der Waals surface area contributed by atoms with Crippen LogP contribution in [0.5, 0.6) is 0 Å². The second kappa shape index (κ2) is 11.3. The number of halogens is 4. The third-order valence-electron chi connectivity index (χ3n) is 5.71. The van der Waals surface area contributed by atoms with Crippen molar-refractivity contribution in [2.45, 2.75) is 0 Å². The summed E-state index contributed by atoms with van der Waals surface area (Å²) < 4.78 is 4.21. The first-order valence-corrected chi connectivity index (χ1v) is 14.4. The van der Waals surface area contributed by atoms with Crippen LogP contribution in [-0.4, -0.2) is 0 Å². The van der Waals surface area contributed by atoms with Crippen LogP contribution in [0, 0.1) is 0 Å². The minimum Gasteiger partial charge on any atom is -0.311 e. The zero-order valence-electron chi connectivity index (χ0n) is 19.0. The Kier molecular flexibility index (Phi) is 7.96.